The minimum atomic E-state index is -0.437. The highest BCUT2D eigenvalue weighted by Crippen LogP contribution is 2.22. The molecule has 0 unspecified atom stereocenters. The minimum absolute atomic E-state index is 0.0985. The van der Waals surface area contributed by atoms with Gasteiger partial charge in [-0.1, -0.05) is 18.2 Å². The zero-order valence-corrected chi connectivity index (χ0v) is 17.9. The summed E-state index contributed by atoms with van der Waals surface area (Å²) in [6.07, 6.45) is 6.72. The number of carbonyl (C=O) groups is 1. The van der Waals surface area contributed by atoms with Crippen molar-refractivity contribution >= 4 is 34.8 Å². The molecule has 10 heteroatoms. The van der Waals surface area contributed by atoms with Gasteiger partial charge in [-0.2, -0.15) is 10.1 Å². The number of hydrogen-bond donors (Lipinski definition) is 2. The number of para-hydroxylation sites is 1. The van der Waals surface area contributed by atoms with Crippen LogP contribution in [-0.2, 0) is 16.1 Å². The molecule has 1 aliphatic heterocycles. The average molecular weight is 439 g/mol. The lowest BCUT2D eigenvalue weighted by molar-refractivity contribution is -0.121. The Morgan fingerprint density at radius 2 is 2.12 bits per heavy atom. The summed E-state index contributed by atoms with van der Waals surface area (Å²) in [7, 11) is 1.59. The molecule has 9 nitrogen and oxygen atoms in total. The number of methoxy groups -OCH3 is 1. The first-order valence-electron chi connectivity index (χ1n) is 10.6. The summed E-state index contributed by atoms with van der Waals surface area (Å²) in [5, 5.41) is 8.02. The number of hydrazone groups is 1. The molecule has 32 heavy (non-hydrogen) atoms. The summed E-state index contributed by atoms with van der Waals surface area (Å²) in [5.41, 5.74) is 4.54. The van der Waals surface area contributed by atoms with Crippen molar-refractivity contribution in [3.8, 4) is 0 Å². The maximum absolute atomic E-state index is 14.1. The molecule has 3 heterocycles. The summed E-state index contributed by atoms with van der Waals surface area (Å²) in [6.45, 7) is 2.69. The monoisotopic (exact) mass is 439 g/mol. The van der Waals surface area contributed by atoms with Gasteiger partial charge in [0, 0.05) is 49.4 Å². The van der Waals surface area contributed by atoms with Crippen molar-refractivity contribution in [2.45, 2.75) is 19.4 Å². The average Bonchev–Trinajstić information content (AvgIpc) is 3.44. The third-order valence-electron chi connectivity index (χ3n) is 5.26. The molecule has 0 aliphatic carbocycles. The minimum Gasteiger partial charge on any atom is -0.383 e. The lowest BCUT2D eigenvalue weighted by Gasteiger charge is -2.16. The molecular formula is C22H26FN7O2. The standard InChI is InChI=1S/C22H26FN7O2/c1-32-11-8-24-20(31)15-30-14-16(17-6-2-3-7-19(17)30)12-26-28-22-25-13-18(23)21(27-22)29-9-4-5-10-29/h2-3,6-7,12-14H,4-5,8-11,15H2,1H3,(H,24,31)(H,25,27,28). The summed E-state index contributed by atoms with van der Waals surface area (Å²) in [5.74, 6) is -0.0102. The molecular weight excluding hydrogens is 413 g/mol. The van der Waals surface area contributed by atoms with Gasteiger partial charge in [-0.25, -0.2) is 14.8 Å². The number of fused-ring (bicyclic) bond motifs is 1. The van der Waals surface area contributed by atoms with Gasteiger partial charge in [0.1, 0.15) is 6.54 Å². The summed E-state index contributed by atoms with van der Waals surface area (Å²) in [4.78, 5) is 22.4. The van der Waals surface area contributed by atoms with Gasteiger partial charge in [0.15, 0.2) is 11.6 Å². The van der Waals surface area contributed by atoms with E-state index >= 15 is 0 Å². The molecule has 1 aromatic carbocycles. The van der Waals surface area contributed by atoms with Crippen molar-refractivity contribution in [3.63, 3.8) is 0 Å². The maximum atomic E-state index is 14.1. The second-order valence-corrected chi connectivity index (χ2v) is 7.50. The molecule has 3 aromatic rings. The highest BCUT2D eigenvalue weighted by molar-refractivity contribution is 6.00. The fourth-order valence-electron chi connectivity index (χ4n) is 3.73. The molecule has 2 N–H and O–H groups in total. The Labute approximate surface area is 185 Å². The molecule has 1 saturated heterocycles. The van der Waals surface area contributed by atoms with Crippen LogP contribution in [-0.4, -0.2) is 60.0 Å². The molecule has 168 valence electrons. The van der Waals surface area contributed by atoms with Crippen molar-refractivity contribution in [1.82, 2.24) is 19.9 Å². The van der Waals surface area contributed by atoms with Crippen molar-refractivity contribution in [2.75, 3.05) is 43.7 Å². The highest BCUT2D eigenvalue weighted by Gasteiger charge is 2.18. The van der Waals surface area contributed by atoms with Crippen LogP contribution in [0.3, 0.4) is 0 Å². The van der Waals surface area contributed by atoms with Gasteiger partial charge in [-0.05, 0) is 18.9 Å². The molecule has 2 aromatic heterocycles. The summed E-state index contributed by atoms with van der Waals surface area (Å²) >= 11 is 0. The van der Waals surface area contributed by atoms with E-state index in [0.29, 0.717) is 19.0 Å². The molecule has 4 rings (SSSR count). The van der Waals surface area contributed by atoms with Gasteiger partial charge >= 0.3 is 0 Å². The molecule has 0 atom stereocenters. The van der Waals surface area contributed by atoms with Crippen molar-refractivity contribution < 1.29 is 13.9 Å². The van der Waals surface area contributed by atoms with Gasteiger partial charge in [0.2, 0.25) is 11.9 Å². The number of amides is 1. The van der Waals surface area contributed by atoms with E-state index in [9.17, 15) is 9.18 Å². The first kappa shape index (κ1) is 21.7. The SMILES string of the molecule is COCCNC(=O)Cn1cc(C=NNc2ncc(F)c(N3CCCC3)n2)c2ccccc21. The van der Waals surface area contributed by atoms with E-state index in [-0.39, 0.29) is 18.4 Å². The third kappa shape index (κ3) is 5.02. The number of ether oxygens (including phenoxy) is 1. The van der Waals surface area contributed by atoms with Gasteiger partial charge in [0.05, 0.1) is 19.0 Å². The van der Waals surface area contributed by atoms with E-state index < -0.39 is 5.82 Å². The fraction of sp³-hybridized carbons (Fsp3) is 0.364. The number of aromatic nitrogens is 3. The van der Waals surface area contributed by atoms with Gasteiger partial charge < -0.3 is 19.5 Å². The molecule has 1 amide bonds. The van der Waals surface area contributed by atoms with Crippen molar-refractivity contribution in [3.05, 3.63) is 48.0 Å². The van der Waals surface area contributed by atoms with Crippen LogP contribution in [0.25, 0.3) is 10.9 Å². The maximum Gasteiger partial charge on any atom is 0.245 e. The third-order valence-corrected chi connectivity index (χ3v) is 5.26. The normalized spacial score (nSPS) is 13.9. The van der Waals surface area contributed by atoms with E-state index in [1.165, 1.54) is 0 Å². The van der Waals surface area contributed by atoms with Crippen LogP contribution in [0, 0.1) is 5.82 Å². The van der Waals surface area contributed by atoms with Crippen LogP contribution in [0.15, 0.2) is 41.8 Å². The first-order chi connectivity index (χ1) is 15.7. The van der Waals surface area contributed by atoms with Crippen LogP contribution in [0.5, 0.6) is 0 Å². The Bertz CT molecular complexity index is 1110. The van der Waals surface area contributed by atoms with Crippen molar-refractivity contribution in [2.24, 2.45) is 5.10 Å². The van der Waals surface area contributed by atoms with E-state index in [4.69, 9.17) is 4.74 Å². The van der Waals surface area contributed by atoms with E-state index in [2.05, 4.69) is 25.8 Å². The van der Waals surface area contributed by atoms with Crippen LogP contribution in [0.4, 0.5) is 16.2 Å². The lowest BCUT2D eigenvalue weighted by Crippen LogP contribution is -2.30. The van der Waals surface area contributed by atoms with Crippen LogP contribution in [0.1, 0.15) is 18.4 Å². The molecule has 0 radical (unpaired) electrons. The quantitative estimate of drug-likeness (QED) is 0.302. The Morgan fingerprint density at radius 3 is 2.94 bits per heavy atom. The number of hydrogen-bond acceptors (Lipinski definition) is 7. The van der Waals surface area contributed by atoms with Gasteiger partial charge in [0.25, 0.3) is 0 Å². The number of anilines is 2. The largest absolute Gasteiger partial charge is 0.383 e. The Hall–Kier alpha value is -3.53. The predicted octanol–water partition coefficient (Wildman–Crippen LogP) is 2.38. The molecule has 0 bridgehead atoms. The second kappa shape index (κ2) is 10.2. The molecule has 0 spiro atoms. The van der Waals surface area contributed by atoms with Crippen LogP contribution < -0.4 is 15.6 Å². The Morgan fingerprint density at radius 1 is 1.31 bits per heavy atom. The van der Waals surface area contributed by atoms with Gasteiger partial charge in [-0.15, -0.1) is 0 Å². The smallest absolute Gasteiger partial charge is 0.245 e. The number of carbonyl (C=O) groups excluding carboxylic acids is 1. The zero-order valence-electron chi connectivity index (χ0n) is 17.9. The first-order valence-corrected chi connectivity index (χ1v) is 10.6. The van der Waals surface area contributed by atoms with Gasteiger partial charge in [-0.3, -0.25) is 4.79 Å². The Kier molecular flexibility index (Phi) is 6.90. The van der Waals surface area contributed by atoms with Crippen LogP contribution in [0.2, 0.25) is 0 Å². The van der Waals surface area contributed by atoms with E-state index in [1.54, 1.807) is 13.3 Å². The number of rotatable bonds is 9. The number of nitrogens with zero attached hydrogens (tertiary/aromatic N) is 5. The number of halogens is 1. The summed E-state index contributed by atoms with van der Waals surface area (Å²) < 4.78 is 20.9. The highest BCUT2D eigenvalue weighted by atomic mass is 19.1. The van der Waals surface area contributed by atoms with Crippen LogP contribution >= 0.6 is 0 Å². The fourth-order valence-corrected chi connectivity index (χ4v) is 3.73. The molecule has 1 fully saturated rings. The topological polar surface area (TPSA) is 96.7 Å². The Balaban J connectivity index is 1.48. The zero-order chi connectivity index (χ0) is 22.3. The molecule has 0 saturated carbocycles. The number of benzene rings is 1. The predicted molar refractivity (Wildman–Crippen MR) is 121 cm³/mol. The number of nitrogens with one attached hydrogen (secondary N) is 2. The van der Waals surface area contributed by atoms with Crippen molar-refractivity contribution in [1.29, 1.82) is 0 Å². The van der Waals surface area contributed by atoms with E-state index in [0.717, 1.165) is 48.6 Å². The second-order valence-electron chi connectivity index (χ2n) is 7.50. The van der Waals surface area contributed by atoms with E-state index in [1.807, 2.05) is 39.9 Å². The lowest BCUT2D eigenvalue weighted by atomic mass is 10.2. The summed E-state index contributed by atoms with van der Waals surface area (Å²) in [6, 6.07) is 7.78. The molecule has 1 aliphatic rings.